The SMILES string of the molecule is CCCCCCCCCC/C=C\CCCCCCCCCCCCCCCCCCCC(=O)NC(COC1OC(CO)C(OC2OC(CO)C(OC3OC(CO)C(O)C(O)C3O)C(O)C2O)C(O)C1O)C(O)/C=C/CC/C=C/CC/C=C/CCCCCCCCCCCCCCCC. The molecule has 17 atom stereocenters. The summed E-state index contributed by atoms with van der Waals surface area (Å²) in [6, 6.07) is -0.998. The van der Waals surface area contributed by atoms with Crippen LogP contribution >= 0.6 is 0 Å². The summed E-state index contributed by atoms with van der Waals surface area (Å²) in [5, 5.41) is 121. The van der Waals surface area contributed by atoms with Gasteiger partial charge in [0, 0.05) is 6.42 Å². The van der Waals surface area contributed by atoms with Gasteiger partial charge >= 0.3 is 0 Å². The summed E-state index contributed by atoms with van der Waals surface area (Å²) in [4.78, 5) is 13.5. The van der Waals surface area contributed by atoms with Crippen LogP contribution < -0.4 is 5.32 Å². The van der Waals surface area contributed by atoms with Crippen molar-refractivity contribution in [3.8, 4) is 0 Å². The number of carbonyl (C=O) groups excluding carboxylic acids is 1. The molecule has 3 aliphatic rings. The summed E-state index contributed by atoms with van der Waals surface area (Å²) in [6.45, 7) is 1.75. The molecule has 12 N–H and O–H groups in total. The molecule has 3 aliphatic heterocycles. The molecule has 3 rings (SSSR count). The summed E-state index contributed by atoms with van der Waals surface area (Å²) in [5.74, 6) is -0.285. The Bertz CT molecular complexity index is 1960. The van der Waals surface area contributed by atoms with Gasteiger partial charge in [0.25, 0.3) is 0 Å². The van der Waals surface area contributed by atoms with E-state index in [4.69, 9.17) is 28.4 Å². The van der Waals surface area contributed by atoms with Crippen LogP contribution in [0.1, 0.15) is 316 Å². The Morgan fingerprint density at radius 2 is 0.653 bits per heavy atom. The molecule has 17 unspecified atom stereocenters. The van der Waals surface area contributed by atoms with E-state index in [2.05, 4.69) is 55.6 Å². The average Bonchev–Trinajstić information content (AvgIpc) is 0.784. The predicted octanol–water partition coefficient (Wildman–Crippen LogP) is 12.9. The molecule has 3 fully saturated rings. The average molecular weight is 1400 g/mol. The minimum atomic E-state index is -1.98. The molecule has 0 spiro atoms. The number of aliphatic hydroxyl groups excluding tert-OH is 11. The van der Waals surface area contributed by atoms with Crippen LogP contribution in [0.15, 0.2) is 48.6 Å². The molecule has 0 aliphatic carbocycles. The van der Waals surface area contributed by atoms with Gasteiger partial charge in [0.05, 0.1) is 38.6 Å². The highest BCUT2D eigenvalue weighted by Crippen LogP contribution is 2.33. The molecule has 0 aromatic carbocycles. The zero-order valence-corrected chi connectivity index (χ0v) is 61.3. The normalized spacial score (nSPS) is 27.0. The molecule has 0 aromatic rings. The highest BCUT2D eigenvalue weighted by Gasteiger charge is 2.54. The number of hydrogen-bond acceptors (Lipinski definition) is 18. The Hall–Kier alpha value is -2.25. The van der Waals surface area contributed by atoms with E-state index in [-0.39, 0.29) is 18.9 Å². The summed E-state index contributed by atoms with van der Waals surface area (Å²) >= 11 is 0. The quantitative estimate of drug-likeness (QED) is 0.0199. The van der Waals surface area contributed by atoms with Gasteiger partial charge in [-0.05, 0) is 70.6 Å². The molecule has 19 heteroatoms. The van der Waals surface area contributed by atoms with E-state index in [1.54, 1.807) is 6.08 Å². The largest absolute Gasteiger partial charge is 0.394 e. The van der Waals surface area contributed by atoms with Crippen LogP contribution in [0, 0.1) is 0 Å². The Morgan fingerprint density at radius 3 is 1.02 bits per heavy atom. The molecule has 3 saturated heterocycles. The van der Waals surface area contributed by atoms with E-state index >= 15 is 0 Å². The molecule has 0 saturated carbocycles. The first-order valence-corrected chi connectivity index (χ1v) is 39.9. The van der Waals surface area contributed by atoms with Gasteiger partial charge in [-0.1, -0.05) is 287 Å². The van der Waals surface area contributed by atoms with Gasteiger partial charge in [0.2, 0.25) is 5.91 Å². The number of allylic oxidation sites excluding steroid dienone is 7. The van der Waals surface area contributed by atoms with Crippen molar-refractivity contribution in [2.75, 3.05) is 26.4 Å². The lowest BCUT2D eigenvalue weighted by atomic mass is 9.96. The number of carbonyl (C=O) groups is 1. The standard InChI is InChI=1S/C79H145NO18/c1-3-5-7-9-11-13-15-17-19-21-23-25-27-29-30-31-32-33-35-37-39-41-43-45-47-49-51-53-55-57-67(85)80-62(63(84)56-54-52-50-48-46-44-42-40-38-36-34-28-26-24-22-20-18-16-14-12-10-8-6-4-2)61-93-77-73(91)70(88)75(65(59-82)95-77)98-79-74(92)71(89)76(66(60-83)96-79)97-78-72(90)69(87)68(86)64(58-81)94-78/h21,23,38,40,46,48,54,56,62-66,68-79,81-84,86-92H,3-20,22,24-37,39,41-45,47,49-53,55,57-61H2,1-2H3,(H,80,85)/b23-21-,40-38+,48-46+,56-54+. The van der Waals surface area contributed by atoms with E-state index in [1.807, 2.05) is 6.08 Å². The highest BCUT2D eigenvalue weighted by molar-refractivity contribution is 5.76. The van der Waals surface area contributed by atoms with E-state index in [9.17, 15) is 61.0 Å². The molecule has 0 radical (unpaired) electrons. The van der Waals surface area contributed by atoms with Crippen LogP contribution in [0.4, 0.5) is 0 Å². The van der Waals surface area contributed by atoms with Gasteiger partial charge in [-0.3, -0.25) is 4.79 Å². The zero-order valence-electron chi connectivity index (χ0n) is 61.3. The maximum atomic E-state index is 13.5. The fraction of sp³-hybridized carbons (Fsp3) is 0.886. The fourth-order valence-corrected chi connectivity index (χ4v) is 13.4. The van der Waals surface area contributed by atoms with Gasteiger partial charge in [-0.25, -0.2) is 0 Å². The first kappa shape index (κ1) is 90.0. The van der Waals surface area contributed by atoms with Crippen molar-refractivity contribution in [1.29, 1.82) is 0 Å². The number of hydrogen-bond donors (Lipinski definition) is 12. The smallest absolute Gasteiger partial charge is 0.220 e. The molecule has 0 aromatic heterocycles. The Kier molecular flexibility index (Phi) is 55.1. The third-order valence-electron chi connectivity index (χ3n) is 19.8. The number of amides is 1. The molecular weight excluding hydrogens is 1250 g/mol. The van der Waals surface area contributed by atoms with Crippen LogP contribution in [0.25, 0.3) is 0 Å². The van der Waals surface area contributed by atoms with Crippen molar-refractivity contribution in [3.05, 3.63) is 48.6 Å². The molecule has 574 valence electrons. The lowest BCUT2D eigenvalue weighted by Crippen LogP contribution is -2.66. The van der Waals surface area contributed by atoms with Crippen molar-refractivity contribution >= 4 is 5.91 Å². The number of aliphatic hydroxyl groups is 11. The van der Waals surface area contributed by atoms with Gasteiger partial charge in [-0.15, -0.1) is 0 Å². The molecule has 3 heterocycles. The maximum Gasteiger partial charge on any atom is 0.220 e. The predicted molar refractivity (Wildman–Crippen MR) is 388 cm³/mol. The topological polar surface area (TPSA) is 307 Å². The first-order chi connectivity index (χ1) is 47.8. The van der Waals surface area contributed by atoms with Gasteiger partial charge < -0.3 is 89.9 Å². The molecule has 1 amide bonds. The van der Waals surface area contributed by atoms with E-state index in [0.29, 0.717) is 12.8 Å². The molecule has 19 nitrogen and oxygen atoms in total. The lowest BCUT2D eigenvalue weighted by Gasteiger charge is -2.48. The van der Waals surface area contributed by atoms with Crippen molar-refractivity contribution in [3.63, 3.8) is 0 Å². The highest BCUT2D eigenvalue weighted by atomic mass is 16.8. The van der Waals surface area contributed by atoms with Crippen molar-refractivity contribution < 1.29 is 89.4 Å². The van der Waals surface area contributed by atoms with Crippen LogP contribution in [-0.2, 0) is 33.2 Å². The maximum absolute atomic E-state index is 13.5. The fourth-order valence-electron chi connectivity index (χ4n) is 13.4. The minimum Gasteiger partial charge on any atom is -0.394 e. The van der Waals surface area contributed by atoms with Crippen molar-refractivity contribution in [2.24, 2.45) is 0 Å². The summed E-state index contributed by atoms with van der Waals surface area (Å²) in [7, 11) is 0. The number of ether oxygens (including phenoxy) is 6. The first-order valence-electron chi connectivity index (χ1n) is 39.9. The van der Waals surface area contributed by atoms with Crippen molar-refractivity contribution in [1.82, 2.24) is 5.32 Å². The van der Waals surface area contributed by atoms with Gasteiger partial charge in [-0.2, -0.15) is 0 Å². The van der Waals surface area contributed by atoms with Gasteiger partial charge in [0.1, 0.15) is 73.2 Å². The number of rotatable bonds is 63. The minimum absolute atomic E-state index is 0.234. The van der Waals surface area contributed by atoms with Gasteiger partial charge in [0.15, 0.2) is 18.9 Å². The van der Waals surface area contributed by atoms with Crippen molar-refractivity contribution in [2.45, 2.75) is 420 Å². The van der Waals surface area contributed by atoms with Crippen LogP contribution in [-0.4, -0.2) is 193 Å². The number of nitrogens with one attached hydrogen (secondary N) is 1. The zero-order chi connectivity index (χ0) is 71.1. The Labute approximate surface area is 593 Å². The Balaban J connectivity index is 1.39. The molecular formula is C79H145NO18. The molecule has 0 bridgehead atoms. The summed E-state index contributed by atoms with van der Waals surface area (Å²) in [5.41, 5.74) is 0. The third kappa shape index (κ3) is 40.1. The second-order valence-corrected chi connectivity index (χ2v) is 28.5. The molecule has 98 heavy (non-hydrogen) atoms. The van der Waals surface area contributed by atoms with E-state index in [0.717, 1.165) is 44.9 Å². The lowest BCUT2D eigenvalue weighted by molar-refractivity contribution is -0.379. The number of unbranched alkanes of at least 4 members (excludes halogenated alkanes) is 41. The third-order valence-corrected chi connectivity index (χ3v) is 19.8. The summed E-state index contributed by atoms with van der Waals surface area (Å²) < 4.78 is 34.4. The summed E-state index contributed by atoms with van der Waals surface area (Å²) in [6.07, 6.45) is 48.2. The van der Waals surface area contributed by atoms with Crippen LogP contribution in [0.3, 0.4) is 0 Å². The second kappa shape index (κ2) is 60.1. The van der Waals surface area contributed by atoms with E-state index < -0.39 is 124 Å². The van der Waals surface area contributed by atoms with Crippen LogP contribution in [0.5, 0.6) is 0 Å². The van der Waals surface area contributed by atoms with Crippen LogP contribution in [0.2, 0.25) is 0 Å². The van der Waals surface area contributed by atoms with E-state index in [1.165, 1.54) is 238 Å². The Morgan fingerprint density at radius 1 is 0.357 bits per heavy atom. The second-order valence-electron chi connectivity index (χ2n) is 28.5. The monoisotopic (exact) mass is 1400 g/mol.